The first-order valence-corrected chi connectivity index (χ1v) is 7.06. The summed E-state index contributed by atoms with van der Waals surface area (Å²) < 4.78 is 0. The van der Waals surface area contributed by atoms with Gasteiger partial charge in [0, 0.05) is 19.6 Å². The van der Waals surface area contributed by atoms with Crippen molar-refractivity contribution < 1.29 is 0 Å². The van der Waals surface area contributed by atoms with Gasteiger partial charge < -0.3 is 10.6 Å². The zero-order valence-electron chi connectivity index (χ0n) is 10.8. The van der Waals surface area contributed by atoms with E-state index in [4.69, 9.17) is 5.73 Å². The third kappa shape index (κ3) is 4.06. The van der Waals surface area contributed by atoms with E-state index >= 15 is 0 Å². The molecule has 96 valence electrons. The van der Waals surface area contributed by atoms with Crippen molar-refractivity contribution in [2.45, 2.75) is 44.9 Å². The smallest absolute Gasteiger partial charge is 0.191 e. The molecule has 0 amide bonds. The van der Waals surface area contributed by atoms with E-state index in [0.717, 1.165) is 25.6 Å². The normalized spacial score (nSPS) is 26.9. The highest BCUT2D eigenvalue weighted by atomic mass is 15.2. The van der Waals surface area contributed by atoms with Gasteiger partial charge in [-0.2, -0.15) is 0 Å². The molecule has 1 atom stereocenters. The fourth-order valence-electron chi connectivity index (χ4n) is 2.64. The molecule has 1 heterocycles. The van der Waals surface area contributed by atoms with Gasteiger partial charge in [0.2, 0.25) is 0 Å². The van der Waals surface area contributed by atoms with Crippen LogP contribution in [0.25, 0.3) is 0 Å². The molecule has 1 fully saturated rings. The number of hydrogen-bond donors (Lipinski definition) is 1. The summed E-state index contributed by atoms with van der Waals surface area (Å²) in [4.78, 5) is 6.87. The van der Waals surface area contributed by atoms with Gasteiger partial charge in [-0.15, -0.1) is 0 Å². The number of hydrogen-bond acceptors (Lipinski definition) is 1. The Kier molecular flexibility index (Phi) is 4.89. The Morgan fingerprint density at radius 1 is 1.18 bits per heavy atom. The maximum atomic E-state index is 6.09. The van der Waals surface area contributed by atoms with Crippen LogP contribution in [-0.4, -0.2) is 30.5 Å². The Labute approximate surface area is 105 Å². The van der Waals surface area contributed by atoms with Gasteiger partial charge >= 0.3 is 0 Å². The molecule has 0 aromatic rings. The molecule has 1 unspecified atom stereocenters. The maximum absolute atomic E-state index is 6.09. The average molecular weight is 235 g/mol. The minimum Gasteiger partial charge on any atom is -0.370 e. The van der Waals surface area contributed by atoms with Crippen LogP contribution in [0, 0.1) is 5.92 Å². The number of guanidine groups is 1. The number of nitrogens with zero attached hydrogens (tertiary/aromatic N) is 2. The van der Waals surface area contributed by atoms with Gasteiger partial charge in [0.25, 0.3) is 0 Å². The summed E-state index contributed by atoms with van der Waals surface area (Å²) in [5.74, 6) is 1.49. The zero-order valence-corrected chi connectivity index (χ0v) is 10.8. The summed E-state index contributed by atoms with van der Waals surface area (Å²) in [7, 11) is 0. The molecule has 0 saturated carbocycles. The summed E-state index contributed by atoms with van der Waals surface area (Å²) in [5, 5.41) is 0. The Morgan fingerprint density at radius 3 is 2.59 bits per heavy atom. The van der Waals surface area contributed by atoms with Crippen molar-refractivity contribution in [3.05, 3.63) is 12.2 Å². The number of rotatable bonds is 2. The maximum Gasteiger partial charge on any atom is 0.191 e. The van der Waals surface area contributed by atoms with Gasteiger partial charge in [-0.1, -0.05) is 25.0 Å². The largest absolute Gasteiger partial charge is 0.370 e. The van der Waals surface area contributed by atoms with Crippen LogP contribution in [0.1, 0.15) is 44.9 Å². The molecule has 3 heteroatoms. The van der Waals surface area contributed by atoms with E-state index in [2.05, 4.69) is 22.0 Å². The van der Waals surface area contributed by atoms with E-state index < -0.39 is 0 Å². The molecule has 1 saturated heterocycles. The monoisotopic (exact) mass is 235 g/mol. The molecule has 1 aliphatic carbocycles. The van der Waals surface area contributed by atoms with E-state index in [9.17, 15) is 0 Å². The van der Waals surface area contributed by atoms with Crippen LogP contribution in [0.5, 0.6) is 0 Å². The molecule has 2 rings (SSSR count). The fourth-order valence-corrected chi connectivity index (χ4v) is 2.64. The summed E-state index contributed by atoms with van der Waals surface area (Å²) in [6.45, 7) is 3.10. The predicted octanol–water partition coefficient (Wildman–Crippen LogP) is 2.53. The first kappa shape index (κ1) is 12.5. The lowest BCUT2D eigenvalue weighted by Crippen LogP contribution is -2.38. The van der Waals surface area contributed by atoms with Crippen molar-refractivity contribution in [3.63, 3.8) is 0 Å². The molecule has 0 aromatic carbocycles. The van der Waals surface area contributed by atoms with Crippen molar-refractivity contribution in [1.82, 2.24) is 4.90 Å². The third-order valence-electron chi connectivity index (χ3n) is 3.82. The van der Waals surface area contributed by atoms with Gasteiger partial charge in [0.15, 0.2) is 5.96 Å². The highest BCUT2D eigenvalue weighted by Gasteiger charge is 2.13. The van der Waals surface area contributed by atoms with E-state index in [1.54, 1.807) is 0 Å². The summed E-state index contributed by atoms with van der Waals surface area (Å²) >= 11 is 0. The van der Waals surface area contributed by atoms with Crippen molar-refractivity contribution in [3.8, 4) is 0 Å². The van der Waals surface area contributed by atoms with E-state index in [0.29, 0.717) is 5.92 Å². The first-order valence-electron chi connectivity index (χ1n) is 7.06. The quantitative estimate of drug-likeness (QED) is 0.454. The van der Waals surface area contributed by atoms with Gasteiger partial charge in [-0.3, -0.25) is 4.99 Å². The van der Waals surface area contributed by atoms with Crippen molar-refractivity contribution in [2.24, 2.45) is 16.6 Å². The van der Waals surface area contributed by atoms with E-state index in [-0.39, 0.29) is 0 Å². The number of aliphatic imine (C=N–C) groups is 1. The van der Waals surface area contributed by atoms with Gasteiger partial charge in [-0.25, -0.2) is 0 Å². The van der Waals surface area contributed by atoms with E-state index in [1.165, 1.54) is 44.9 Å². The second-order valence-corrected chi connectivity index (χ2v) is 5.25. The Bertz CT molecular complexity index is 275. The molecule has 0 bridgehead atoms. The highest BCUT2D eigenvalue weighted by molar-refractivity contribution is 5.78. The third-order valence-corrected chi connectivity index (χ3v) is 3.82. The molecular formula is C14H25N3. The SMILES string of the molecule is NC(=NCC1CC=CCC1)N1CCCCCC1. The van der Waals surface area contributed by atoms with Crippen LogP contribution in [0.3, 0.4) is 0 Å². The summed E-state index contributed by atoms with van der Waals surface area (Å²) in [6.07, 6.45) is 13.4. The lowest BCUT2D eigenvalue weighted by Gasteiger charge is -2.22. The summed E-state index contributed by atoms with van der Waals surface area (Å²) in [6, 6.07) is 0. The van der Waals surface area contributed by atoms with Crippen LogP contribution in [0.15, 0.2) is 17.1 Å². The lowest BCUT2D eigenvalue weighted by atomic mass is 9.95. The molecule has 2 N–H and O–H groups in total. The highest BCUT2D eigenvalue weighted by Crippen LogP contribution is 2.18. The van der Waals surface area contributed by atoms with Crippen molar-refractivity contribution >= 4 is 5.96 Å². The average Bonchev–Trinajstić information content (AvgIpc) is 2.66. The van der Waals surface area contributed by atoms with Gasteiger partial charge in [0.1, 0.15) is 0 Å². The number of allylic oxidation sites excluding steroid dienone is 2. The second-order valence-electron chi connectivity index (χ2n) is 5.25. The molecule has 1 aliphatic heterocycles. The molecule has 0 spiro atoms. The second kappa shape index (κ2) is 6.67. The Balaban J connectivity index is 1.80. The zero-order chi connectivity index (χ0) is 11.9. The molecule has 17 heavy (non-hydrogen) atoms. The van der Waals surface area contributed by atoms with Crippen molar-refractivity contribution in [1.29, 1.82) is 0 Å². The Morgan fingerprint density at radius 2 is 1.94 bits per heavy atom. The van der Waals surface area contributed by atoms with Crippen LogP contribution in [0.4, 0.5) is 0 Å². The fraction of sp³-hybridized carbons (Fsp3) is 0.786. The topological polar surface area (TPSA) is 41.6 Å². The van der Waals surface area contributed by atoms with Gasteiger partial charge in [0.05, 0.1) is 0 Å². The van der Waals surface area contributed by atoms with Crippen LogP contribution >= 0.6 is 0 Å². The summed E-state index contributed by atoms with van der Waals surface area (Å²) in [5.41, 5.74) is 6.09. The van der Waals surface area contributed by atoms with Gasteiger partial charge in [-0.05, 0) is 38.0 Å². The molecular weight excluding hydrogens is 210 g/mol. The Hall–Kier alpha value is -0.990. The van der Waals surface area contributed by atoms with E-state index in [1.807, 2.05) is 0 Å². The predicted molar refractivity (Wildman–Crippen MR) is 73.0 cm³/mol. The standard InChI is InChI=1S/C14H25N3/c15-14(17-10-6-1-2-7-11-17)16-12-13-8-4-3-5-9-13/h3-4,13H,1-2,5-12H2,(H2,15,16). The lowest BCUT2D eigenvalue weighted by molar-refractivity contribution is 0.422. The first-order chi connectivity index (χ1) is 8.36. The minimum absolute atomic E-state index is 0.713. The molecule has 2 aliphatic rings. The number of nitrogens with two attached hydrogens (primary N) is 1. The molecule has 0 aromatic heterocycles. The van der Waals surface area contributed by atoms with Crippen molar-refractivity contribution in [2.75, 3.05) is 19.6 Å². The number of likely N-dealkylation sites (tertiary alicyclic amines) is 1. The molecule has 3 nitrogen and oxygen atoms in total. The minimum atomic E-state index is 0.713. The van der Waals surface area contributed by atoms with Crippen LogP contribution < -0.4 is 5.73 Å². The van der Waals surface area contributed by atoms with Crippen LogP contribution in [0.2, 0.25) is 0 Å². The van der Waals surface area contributed by atoms with Crippen LogP contribution in [-0.2, 0) is 0 Å². The molecule has 0 radical (unpaired) electrons.